The number of aromatic nitrogens is 1. The Morgan fingerprint density at radius 3 is 3.21 bits per heavy atom. The molecule has 1 aliphatic rings. The van der Waals surface area contributed by atoms with Gasteiger partial charge in [0.2, 0.25) is 0 Å². The number of ether oxygens (including phenoxy) is 1. The van der Waals surface area contributed by atoms with Crippen molar-refractivity contribution >= 4 is 11.3 Å². The van der Waals surface area contributed by atoms with E-state index in [2.05, 4.69) is 29.5 Å². The lowest BCUT2D eigenvalue weighted by molar-refractivity contribution is 0.0880. The van der Waals surface area contributed by atoms with Gasteiger partial charge in [-0.25, -0.2) is 4.98 Å². The Labute approximate surface area is 88.5 Å². The predicted octanol–water partition coefficient (Wildman–Crippen LogP) is 1.80. The molecule has 14 heavy (non-hydrogen) atoms. The van der Waals surface area contributed by atoms with Gasteiger partial charge in [-0.05, 0) is 20.3 Å². The quantitative estimate of drug-likeness (QED) is 0.829. The van der Waals surface area contributed by atoms with Crippen LogP contribution >= 0.6 is 11.3 Å². The van der Waals surface area contributed by atoms with Crippen LogP contribution in [0.2, 0.25) is 0 Å². The molecule has 1 N–H and O–H groups in total. The van der Waals surface area contributed by atoms with Gasteiger partial charge in [0.15, 0.2) is 0 Å². The average Bonchev–Trinajstić information content (AvgIpc) is 2.75. The first-order chi connectivity index (χ1) is 6.71. The molecule has 4 heteroatoms. The fourth-order valence-electron chi connectivity index (χ4n) is 1.68. The molecule has 3 nitrogen and oxygen atoms in total. The molecule has 0 spiro atoms. The summed E-state index contributed by atoms with van der Waals surface area (Å²) in [6.45, 7) is 6.05. The van der Waals surface area contributed by atoms with E-state index < -0.39 is 0 Å². The maximum Gasteiger partial charge on any atom is 0.0795 e. The Hall–Kier alpha value is -0.450. The maximum absolute atomic E-state index is 5.56. The van der Waals surface area contributed by atoms with Crippen LogP contribution in [0.25, 0.3) is 0 Å². The second kappa shape index (κ2) is 3.96. The van der Waals surface area contributed by atoms with Gasteiger partial charge in [-0.2, -0.15) is 0 Å². The first-order valence-corrected chi connectivity index (χ1v) is 5.89. The molecule has 0 radical (unpaired) electrons. The van der Waals surface area contributed by atoms with Crippen LogP contribution in [0, 0.1) is 0 Å². The molecule has 2 unspecified atom stereocenters. The van der Waals surface area contributed by atoms with Crippen molar-refractivity contribution in [3.8, 4) is 0 Å². The third-order valence-electron chi connectivity index (χ3n) is 3.04. The van der Waals surface area contributed by atoms with Crippen molar-refractivity contribution in [2.24, 2.45) is 0 Å². The highest BCUT2D eigenvalue weighted by Crippen LogP contribution is 2.25. The number of rotatable bonds is 3. The summed E-state index contributed by atoms with van der Waals surface area (Å²) in [6, 6.07) is 0. The van der Waals surface area contributed by atoms with Crippen LogP contribution in [0.1, 0.15) is 26.0 Å². The molecule has 1 saturated heterocycles. The van der Waals surface area contributed by atoms with Crippen LogP contribution in [-0.4, -0.2) is 23.2 Å². The molecule has 1 aliphatic heterocycles. The van der Waals surface area contributed by atoms with Crippen molar-refractivity contribution in [2.45, 2.75) is 38.5 Å². The molecule has 2 atom stereocenters. The summed E-state index contributed by atoms with van der Waals surface area (Å²) in [7, 11) is 0. The summed E-state index contributed by atoms with van der Waals surface area (Å²) in [6.07, 6.45) is 1.37. The third kappa shape index (κ3) is 1.97. The highest BCUT2D eigenvalue weighted by atomic mass is 32.1. The van der Waals surface area contributed by atoms with E-state index in [0.29, 0.717) is 6.10 Å². The summed E-state index contributed by atoms with van der Waals surface area (Å²) in [5, 5.41) is 5.61. The van der Waals surface area contributed by atoms with Gasteiger partial charge in [0.05, 0.1) is 17.3 Å². The molecule has 2 heterocycles. The van der Waals surface area contributed by atoms with Crippen molar-refractivity contribution in [1.29, 1.82) is 0 Å². The van der Waals surface area contributed by atoms with Crippen LogP contribution < -0.4 is 5.32 Å². The van der Waals surface area contributed by atoms with E-state index in [-0.39, 0.29) is 5.54 Å². The van der Waals surface area contributed by atoms with Crippen molar-refractivity contribution in [3.63, 3.8) is 0 Å². The minimum atomic E-state index is 0.115. The number of nitrogens with one attached hydrogen (secondary N) is 1. The van der Waals surface area contributed by atoms with Gasteiger partial charge in [-0.1, -0.05) is 0 Å². The van der Waals surface area contributed by atoms with Gasteiger partial charge < -0.3 is 10.1 Å². The number of hydrogen-bond donors (Lipinski definition) is 1. The van der Waals surface area contributed by atoms with Gasteiger partial charge in [0, 0.05) is 24.1 Å². The monoisotopic (exact) mass is 212 g/mol. The van der Waals surface area contributed by atoms with E-state index in [1.165, 1.54) is 0 Å². The summed E-state index contributed by atoms with van der Waals surface area (Å²) in [5.74, 6) is 0. The van der Waals surface area contributed by atoms with E-state index >= 15 is 0 Å². The summed E-state index contributed by atoms with van der Waals surface area (Å²) in [5.41, 5.74) is 3.10. The van der Waals surface area contributed by atoms with E-state index in [1.807, 2.05) is 5.51 Å². The Bertz CT molecular complexity index is 288. The maximum atomic E-state index is 5.56. The van der Waals surface area contributed by atoms with Gasteiger partial charge in [0.25, 0.3) is 0 Å². The highest BCUT2D eigenvalue weighted by Gasteiger charge is 2.36. The molecule has 1 aromatic heterocycles. The Balaban J connectivity index is 1.91. The zero-order chi connectivity index (χ0) is 10.0. The second-order valence-electron chi connectivity index (χ2n) is 4.01. The first-order valence-electron chi connectivity index (χ1n) is 4.94. The Morgan fingerprint density at radius 2 is 2.64 bits per heavy atom. The molecule has 0 bridgehead atoms. The molecule has 0 saturated carbocycles. The lowest BCUT2D eigenvalue weighted by Crippen LogP contribution is -2.47. The molecule has 0 amide bonds. The van der Waals surface area contributed by atoms with E-state index in [0.717, 1.165) is 25.3 Å². The Morgan fingerprint density at radius 1 is 1.79 bits per heavy atom. The average molecular weight is 212 g/mol. The smallest absolute Gasteiger partial charge is 0.0795 e. The van der Waals surface area contributed by atoms with Crippen LogP contribution in [-0.2, 0) is 11.3 Å². The number of thiazole rings is 1. The molecule has 1 aromatic rings. The van der Waals surface area contributed by atoms with Gasteiger partial charge in [0.1, 0.15) is 0 Å². The van der Waals surface area contributed by atoms with Crippen LogP contribution in [0.3, 0.4) is 0 Å². The topological polar surface area (TPSA) is 34.1 Å². The lowest BCUT2D eigenvalue weighted by atomic mass is 9.95. The zero-order valence-electron chi connectivity index (χ0n) is 8.62. The van der Waals surface area contributed by atoms with Gasteiger partial charge >= 0.3 is 0 Å². The SMILES string of the molecule is CC1OCCC1(C)NCc1cscn1. The minimum absolute atomic E-state index is 0.115. The van der Waals surface area contributed by atoms with E-state index in [1.54, 1.807) is 11.3 Å². The van der Waals surface area contributed by atoms with Crippen LogP contribution in [0.4, 0.5) is 0 Å². The summed E-state index contributed by atoms with van der Waals surface area (Å²) < 4.78 is 5.56. The summed E-state index contributed by atoms with van der Waals surface area (Å²) in [4.78, 5) is 4.25. The molecular weight excluding hydrogens is 196 g/mol. The van der Waals surface area contributed by atoms with E-state index in [4.69, 9.17) is 4.74 Å². The minimum Gasteiger partial charge on any atom is -0.377 e. The molecule has 0 aliphatic carbocycles. The van der Waals surface area contributed by atoms with Crippen LogP contribution in [0.5, 0.6) is 0 Å². The largest absolute Gasteiger partial charge is 0.377 e. The van der Waals surface area contributed by atoms with Gasteiger partial charge in [-0.3, -0.25) is 0 Å². The number of nitrogens with zero attached hydrogens (tertiary/aromatic N) is 1. The molecular formula is C10H16N2OS. The standard InChI is InChI=1S/C10H16N2OS/c1-8-10(2,3-4-13-8)12-5-9-6-14-7-11-9/h6-8,12H,3-5H2,1-2H3. The van der Waals surface area contributed by atoms with Crippen molar-refractivity contribution in [1.82, 2.24) is 10.3 Å². The number of hydrogen-bond acceptors (Lipinski definition) is 4. The van der Waals surface area contributed by atoms with Crippen molar-refractivity contribution < 1.29 is 4.74 Å². The third-order valence-corrected chi connectivity index (χ3v) is 3.68. The predicted molar refractivity (Wildman–Crippen MR) is 57.4 cm³/mol. The normalized spacial score (nSPS) is 32.3. The molecule has 1 fully saturated rings. The van der Waals surface area contributed by atoms with Crippen LogP contribution in [0.15, 0.2) is 10.9 Å². The summed E-state index contributed by atoms with van der Waals surface area (Å²) >= 11 is 1.64. The fraction of sp³-hybridized carbons (Fsp3) is 0.700. The fourth-order valence-corrected chi connectivity index (χ4v) is 2.24. The molecule has 0 aromatic carbocycles. The van der Waals surface area contributed by atoms with Crippen molar-refractivity contribution in [3.05, 3.63) is 16.6 Å². The Kier molecular flexibility index (Phi) is 2.85. The molecule has 2 rings (SSSR count). The first kappa shape index (κ1) is 10.1. The van der Waals surface area contributed by atoms with E-state index in [9.17, 15) is 0 Å². The lowest BCUT2D eigenvalue weighted by Gasteiger charge is -2.28. The highest BCUT2D eigenvalue weighted by molar-refractivity contribution is 7.07. The second-order valence-corrected chi connectivity index (χ2v) is 4.73. The van der Waals surface area contributed by atoms with Gasteiger partial charge in [-0.15, -0.1) is 11.3 Å². The van der Waals surface area contributed by atoms with Crippen molar-refractivity contribution in [2.75, 3.05) is 6.61 Å². The zero-order valence-corrected chi connectivity index (χ0v) is 9.43. The molecule has 78 valence electrons.